The molecule has 2 aromatic heterocycles. The number of hydrogen-bond acceptors (Lipinski definition) is 10. The molecule has 57 heavy (non-hydrogen) atoms. The lowest BCUT2D eigenvalue weighted by atomic mass is 9.96. The van der Waals surface area contributed by atoms with E-state index in [1.807, 2.05) is 0 Å². The van der Waals surface area contributed by atoms with E-state index in [2.05, 4.69) is 36.3 Å². The van der Waals surface area contributed by atoms with Gasteiger partial charge in [0, 0.05) is 79.1 Å². The highest BCUT2D eigenvalue weighted by Gasteiger charge is 2.35. The van der Waals surface area contributed by atoms with Crippen molar-refractivity contribution >= 4 is 45.1 Å². The van der Waals surface area contributed by atoms with Crippen LogP contribution in [0.4, 0.5) is 29.5 Å². The van der Waals surface area contributed by atoms with Gasteiger partial charge in [-0.2, -0.15) is 9.97 Å². The molecule has 3 amide bonds. The Morgan fingerprint density at radius 3 is 2.56 bits per heavy atom. The highest BCUT2D eigenvalue weighted by Crippen LogP contribution is 2.39. The number of amides is 3. The van der Waals surface area contributed by atoms with E-state index in [-0.39, 0.29) is 83.1 Å². The number of ether oxygens (including phenoxy) is 1. The molecule has 2 bridgehead atoms. The van der Waals surface area contributed by atoms with Crippen LogP contribution in [-0.2, 0) is 11.3 Å². The number of carbonyl (C=O) groups excluding carboxylic acids is 2. The Hall–Kier alpha value is -5.98. The highest BCUT2D eigenvalue weighted by atomic mass is 19.1. The SMILES string of the molecule is C#Cc1c(F)ccc2cc(O)cc(-c3ncc4c(N5C[C@H]6CC[C@@H](C5)N6)nc(OC[C@@H]5CCCCN5Cc5ccc(N6CCC(=O)NC6=O)cc5F)nc4c3F)c12. The van der Waals surface area contributed by atoms with Crippen LogP contribution in [0.3, 0.4) is 0 Å². The van der Waals surface area contributed by atoms with Crippen molar-refractivity contribution in [1.82, 2.24) is 30.5 Å². The molecule has 4 aliphatic heterocycles. The van der Waals surface area contributed by atoms with Gasteiger partial charge in [0.05, 0.1) is 10.9 Å². The fraction of sp³-hybridized carbons (Fsp3) is 0.357. The minimum Gasteiger partial charge on any atom is -0.508 e. The van der Waals surface area contributed by atoms with Crippen LogP contribution in [0.2, 0.25) is 0 Å². The van der Waals surface area contributed by atoms with Crippen molar-refractivity contribution in [3.05, 3.63) is 77.2 Å². The number of pyridine rings is 1. The van der Waals surface area contributed by atoms with Crippen molar-refractivity contribution in [2.75, 3.05) is 42.6 Å². The number of piperazine rings is 1. The summed E-state index contributed by atoms with van der Waals surface area (Å²) in [6.07, 6.45) is 12.0. The van der Waals surface area contributed by atoms with Crippen LogP contribution < -0.4 is 25.2 Å². The molecule has 4 fully saturated rings. The van der Waals surface area contributed by atoms with Crippen LogP contribution in [-0.4, -0.2) is 87.8 Å². The Bertz CT molecular complexity index is 2480. The number of hydrogen-bond donors (Lipinski definition) is 3. The second-order valence-electron chi connectivity index (χ2n) is 15.2. The van der Waals surface area contributed by atoms with Crippen molar-refractivity contribution in [3.63, 3.8) is 0 Å². The number of likely N-dealkylation sites (tertiary alicyclic amines) is 1. The number of aromatic hydroxyl groups is 1. The molecule has 6 heterocycles. The third kappa shape index (κ3) is 6.93. The number of phenols is 1. The van der Waals surface area contributed by atoms with Crippen molar-refractivity contribution < 1.29 is 32.6 Å². The Kier molecular flexibility index (Phi) is 9.54. The molecule has 5 aromatic rings. The summed E-state index contributed by atoms with van der Waals surface area (Å²) < 4.78 is 53.8. The maximum absolute atomic E-state index is 17.0. The Morgan fingerprint density at radius 2 is 1.79 bits per heavy atom. The van der Waals surface area contributed by atoms with Crippen LogP contribution in [0.5, 0.6) is 11.8 Å². The number of fused-ring (bicyclic) bond motifs is 4. The molecule has 15 heteroatoms. The van der Waals surface area contributed by atoms with Gasteiger partial charge in [-0.25, -0.2) is 18.0 Å². The summed E-state index contributed by atoms with van der Waals surface area (Å²) >= 11 is 0. The predicted molar refractivity (Wildman–Crippen MR) is 207 cm³/mol. The molecule has 4 aliphatic rings. The lowest BCUT2D eigenvalue weighted by molar-refractivity contribution is -0.120. The van der Waals surface area contributed by atoms with Gasteiger partial charge >= 0.3 is 12.0 Å². The molecule has 0 saturated carbocycles. The molecule has 0 aliphatic carbocycles. The standard InChI is InChI=1S/C42H39F3N8O4/c1-2-30-33(43)11-7-23-15-29(54)17-31(36(23)30)38-37(45)39-32(18-46-38)40(52-20-25-8-9-26(21-52)47-25)50-41(49-39)57-22-28-5-3-4-13-51(28)19-24-6-10-27(16-34(24)44)53-14-12-35(55)48-42(53)56/h1,6-7,10-11,15-18,25-26,28,47,54H,3-5,8-9,12-14,19-22H2,(H,48,55,56)/t25-,26+,28-/m0/s1. The van der Waals surface area contributed by atoms with E-state index in [0.717, 1.165) is 32.1 Å². The van der Waals surface area contributed by atoms with E-state index in [0.29, 0.717) is 54.0 Å². The number of rotatable bonds is 8. The number of anilines is 2. The minimum atomic E-state index is -0.801. The van der Waals surface area contributed by atoms with Crippen LogP contribution in [0.25, 0.3) is 32.9 Å². The number of halogens is 3. The quantitative estimate of drug-likeness (QED) is 0.167. The monoisotopic (exact) mass is 776 g/mol. The number of aromatic nitrogens is 3. The minimum absolute atomic E-state index is 0.0325. The van der Waals surface area contributed by atoms with Crippen LogP contribution in [0.15, 0.2) is 48.7 Å². The summed E-state index contributed by atoms with van der Waals surface area (Å²) in [6.45, 7) is 2.61. The zero-order valence-electron chi connectivity index (χ0n) is 30.9. The molecule has 3 N–H and O–H groups in total. The molecule has 0 spiro atoms. The Balaban J connectivity index is 1.04. The van der Waals surface area contributed by atoms with E-state index in [1.165, 1.54) is 41.4 Å². The van der Waals surface area contributed by atoms with Gasteiger partial charge in [-0.05, 0) is 67.9 Å². The number of nitrogens with zero attached hydrogens (tertiary/aromatic N) is 6. The highest BCUT2D eigenvalue weighted by molar-refractivity contribution is 6.06. The van der Waals surface area contributed by atoms with Gasteiger partial charge in [-0.3, -0.25) is 24.9 Å². The molecule has 292 valence electrons. The second kappa shape index (κ2) is 14.8. The average Bonchev–Trinajstić information content (AvgIpc) is 3.54. The number of imide groups is 1. The summed E-state index contributed by atoms with van der Waals surface area (Å²) in [7, 11) is 0. The summed E-state index contributed by atoms with van der Waals surface area (Å²) in [4.78, 5) is 43.5. The van der Waals surface area contributed by atoms with E-state index in [4.69, 9.17) is 16.1 Å². The third-order valence-corrected chi connectivity index (χ3v) is 11.5. The Morgan fingerprint density at radius 1 is 0.965 bits per heavy atom. The van der Waals surface area contributed by atoms with Gasteiger partial charge in [0.2, 0.25) is 5.91 Å². The normalized spacial score (nSPS) is 21.3. The summed E-state index contributed by atoms with van der Waals surface area (Å²) in [5.74, 6) is 0.398. The molecule has 4 saturated heterocycles. The van der Waals surface area contributed by atoms with E-state index in [9.17, 15) is 19.1 Å². The Labute approximate surface area is 326 Å². The first-order valence-corrected chi connectivity index (χ1v) is 19.2. The van der Waals surface area contributed by atoms with Crippen molar-refractivity contribution in [3.8, 4) is 35.4 Å². The summed E-state index contributed by atoms with van der Waals surface area (Å²) in [6, 6.07) is 9.81. The number of terminal acetylenes is 1. The zero-order chi connectivity index (χ0) is 39.4. The maximum Gasteiger partial charge on any atom is 0.328 e. The molecule has 12 nitrogen and oxygen atoms in total. The van der Waals surface area contributed by atoms with Gasteiger partial charge in [0.1, 0.15) is 41.0 Å². The lowest BCUT2D eigenvalue weighted by Crippen LogP contribution is -2.51. The first-order valence-electron chi connectivity index (χ1n) is 19.2. The number of urea groups is 1. The molecule has 9 rings (SSSR count). The topological polar surface area (TPSA) is 136 Å². The van der Waals surface area contributed by atoms with Crippen LogP contribution in [0, 0.1) is 29.8 Å². The van der Waals surface area contributed by atoms with Gasteiger partial charge < -0.3 is 20.1 Å². The second-order valence-corrected chi connectivity index (χ2v) is 15.2. The van der Waals surface area contributed by atoms with E-state index < -0.39 is 23.5 Å². The van der Waals surface area contributed by atoms with Crippen molar-refractivity contribution in [1.29, 1.82) is 0 Å². The third-order valence-electron chi connectivity index (χ3n) is 11.5. The molecule has 3 atom stereocenters. The number of phenolic OH excluding ortho intramolecular Hbond substituents is 1. The zero-order valence-corrected chi connectivity index (χ0v) is 30.9. The maximum atomic E-state index is 17.0. The van der Waals surface area contributed by atoms with Gasteiger partial charge in [-0.15, -0.1) is 6.42 Å². The molecule has 0 unspecified atom stereocenters. The summed E-state index contributed by atoms with van der Waals surface area (Å²) in [5, 5.41) is 17.5. The number of benzene rings is 3. The fourth-order valence-electron chi connectivity index (χ4n) is 8.73. The van der Waals surface area contributed by atoms with E-state index >= 15 is 8.78 Å². The fourth-order valence-corrected chi connectivity index (χ4v) is 8.73. The molecular formula is C42H39F3N8O4. The molecular weight excluding hydrogens is 738 g/mol. The molecule has 3 aromatic carbocycles. The largest absolute Gasteiger partial charge is 0.508 e. The van der Waals surface area contributed by atoms with Gasteiger partial charge in [-0.1, -0.05) is 24.5 Å². The lowest BCUT2D eigenvalue weighted by Gasteiger charge is -2.36. The first kappa shape index (κ1) is 36.6. The van der Waals surface area contributed by atoms with Crippen LogP contribution in [0.1, 0.15) is 49.7 Å². The predicted octanol–water partition coefficient (Wildman–Crippen LogP) is 5.77. The smallest absolute Gasteiger partial charge is 0.328 e. The van der Waals surface area contributed by atoms with Crippen molar-refractivity contribution in [2.24, 2.45) is 0 Å². The van der Waals surface area contributed by atoms with Crippen molar-refractivity contribution in [2.45, 2.75) is 63.2 Å². The number of carbonyl (C=O) groups is 2. The average molecular weight is 777 g/mol. The van der Waals surface area contributed by atoms with E-state index in [1.54, 1.807) is 12.1 Å². The number of nitrogens with one attached hydrogen (secondary N) is 2. The first-order chi connectivity index (χ1) is 27.6. The van der Waals surface area contributed by atoms with Gasteiger partial charge in [0.15, 0.2) is 5.82 Å². The number of piperidine rings is 1. The van der Waals surface area contributed by atoms with Gasteiger partial charge in [0.25, 0.3) is 0 Å². The molecule has 0 radical (unpaired) electrons. The summed E-state index contributed by atoms with van der Waals surface area (Å²) in [5.41, 5.74) is 0.650. The van der Waals surface area contributed by atoms with Crippen LogP contribution >= 0.6 is 0 Å².